The second-order valence-electron chi connectivity index (χ2n) is 10.8. The van der Waals surface area contributed by atoms with Crippen LogP contribution in [-0.2, 0) is 23.8 Å². The molecule has 32 heavy (non-hydrogen) atoms. The molecule has 6 nitrogen and oxygen atoms in total. The van der Waals surface area contributed by atoms with Gasteiger partial charge in [-0.1, -0.05) is 26.0 Å². The van der Waals surface area contributed by atoms with Crippen molar-refractivity contribution in [3.8, 4) is 0 Å². The number of epoxide rings is 1. The highest BCUT2D eigenvalue weighted by atomic mass is 16.6. The quantitative estimate of drug-likeness (QED) is 0.518. The van der Waals surface area contributed by atoms with Gasteiger partial charge < -0.3 is 19.3 Å². The third kappa shape index (κ3) is 2.48. The minimum absolute atomic E-state index is 0.0208. The van der Waals surface area contributed by atoms with Crippen molar-refractivity contribution in [1.29, 1.82) is 0 Å². The third-order valence-electron chi connectivity index (χ3n) is 9.44. The molecule has 1 aliphatic heterocycles. The van der Waals surface area contributed by atoms with E-state index in [4.69, 9.17) is 14.2 Å². The first-order valence-electron chi connectivity index (χ1n) is 11.9. The number of aliphatic hydroxyl groups is 1. The van der Waals surface area contributed by atoms with Crippen molar-refractivity contribution >= 4 is 11.8 Å². The number of ether oxygens (including phenoxy) is 3. The first-order valence-corrected chi connectivity index (χ1v) is 11.9. The maximum absolute atomic E-state index is 13.2. The van der Waals surface area contributed by atoms with Gasteiger partial charge in [-0.2, -0.15) is 0 Å². The fourth-order valence-electron chi connectivity index (χ4n) is 7.86. The van der Waals surface area contributed by atoms with Crippen molar-refractivity contribution in [1.82, 2.24) is 0 Å². The fourth-order valence-corrected chi connectivity index (χ4v) is 7.86. The van der Waals surface area contributed by atoms with E-state index >= 15 is 0 Å². The Morgan fingerprint density at radius 3 is 2.72 bits per heavy atom. The second-order valence-corrected chi connectivity index (χ2v) is 10.8. The predicted molar refractivity (Wildman–Crippen MR) is 117 cm³/mol. The summed E-state index contributed by atoms with van der Waals surface area (Å²) in [6, 6.07) is 0. The van der Waals surface area contributed by atoms with Crippen LogP contribution in [0.4, 0.5) is 0 Å². The van der Waals surface area contributed by atoms with Crippen LogP contribution in [0.1, 0.15) is 53.9 Å². The number of ketones is 1. The van der Waals surface area contributed by atoms with Gasteiger partial charge in [0.05, 0.1) is 12.7 Å². The number of rotatable bonds is 5. The maximum Gasteiger partial charge on any atom is 0.303 e. The number of esters is 1. The van der Waals surface area contributed by atoms with Gasteiger partial charge in [0.2, 0.25) is 5.78 Å². The van der Waals surface area contributed by atoms with Crippen LogP contribution >= 0.6 is 0 Å². The fraction of sp³-hybridized carbons (Fsp3) is 0.692. The maximum atomic E-state index is 13.2. The highest BCUT2D eigenvalue weighted by Gasteiger charge is 2.81. The molecule has 1 N–H and O–H groups in total. The van der Waals surface area contributed by atoms with Gasteiger partial charge in [0.25, 0.3) is 0 Å². The number of Topliss-reactive ketones (excluding diaryl/α,β-unsaturated/α-hetero) is 1. The first-order chi connectivity index (χ1) is 15.0. The summed E-state index contributed by atoms with van der Waals surface area (Å²) in [5.41, 5.74) is -1.48. The number of allylic oxidation sites excluding steroid dienone is 3. The molecule has 1 heterocycles. The molecular weight excluding hydrogens is 408 g/mol. The Bertz CT molecular complexity index is 963. The monoisotopic (exact) mass is 442 g/mol. The van der Waals surface area contributed by atoms with E-state index in [2.05, 4.69) is 31.2 Å². The lowest BCUT2D eigenvalue weighted by molar-refractivity contribution is -0.170. The molecule has 0 aromatic carbocycles. The van der Waals surface area contributed by atoms with Crippen LogP contribution in [0, 0.1) is 28.6 Å². The van der Waals surface area contributed by atoms with Gasteiger partial charge in [-0.3, -0.25) is 9.59 Å². The molecule has 4 aliphatic carbocycles. The predicted octanol–water partition coefficient (Wildman–Crippen LogP) is 3.50. The van der Waals surface area contributed by atoms with Crippen LogP contribution in [0.5, 0.6) is 0 Å². The van der Waals surface area contributed by atoms with E-state index in [0.717, 1.165) is 18.6 Å². The zero-order chi connectivity index (χ0) is 23.1. The van der Waals surface area contributed by atoms with E-state index in [1.165, 1.54) is 12.5 Å². The summed E-state index contributed by atoms with van der Waals surface area (Å²) >= 11 is 0. The van der Waals surface area contributed by atoms with Gasteiger partial charge in [-0.05, 0) is 68.6 Å². The molecule has 0 amide bonds. The molecule has 1 saturated heterocycles. The van der Waals surface area contributed by atoms with E-state index in [1.54, 1.807) is 0 Å². The highest BCUT2D eigenvalue weighted by Crippen LogP contribution is 2.75. The Balaban J connectivity index is 1.51. The highest BCUT2D eigenvalue weighted by molar-refractivity contribution is 5.91. The second kappa shape index (κ2) is 6.80. The summed E-state index contributed by atoms with van der Waals surface area (Å²) < 4.78 is 17.3. The van der Waals surface area contributed by atoms with Crippen molar-refractivity contribution in [2.45, 2.75) is 71.2 Å². The molecule has 1 spiro atoms. The van der Waals surface area contributed by atoms with Gasteiger partial charge in [0, 0.05) is 17.8 Å². The molecule has 174 valence electrons. The zero-order valence-corrected chi connectivity index (χ0v) is 19.6. The van der Waals surface area contributed by atoms with Crippen molar-refractivity contribution in [2.24, 2.45) is 28.6 Å². The summed E-state index contributed by atoms with van der Waals surface area (Å²) in [6.45, 7) is 9.77. The average Bonchev–Trinajstić information content (AvgIpc) is 3.42. The van der Waals surface area contributed by atoms with Crippen LogP contribution < -0.4 is 0 Å². The Labute approximate surface area is 189 Å². The van der Waals surface area contributed by atoms with E-state index in [1.807, 2.05) is 20.8 Å². The summed E-state index contributed by atoms with van der Waals surface area (Å²) in [7, 11) is 0. The molecule has 5 rings (SSSR count). The summed E-state index contributed by atoms with van der Waals surface area (Å²) in [5.74, 6) is 0.124. The smallest absolute Gasteiger partial charge is 0.303 e. The molecule has 0 aromatic heterocycles. The Morgan fingerprint density at radius 2 is 2.03 bits per heavy atom. The molecule has 0 aromatic rings. The first kappa shape index (κ1) is 21.9. The van der Waals surface area contributed by atoms with Gasteiger partial charge in [-0.15, -0.1) is 0 Å². The van der Waals surface area contributed by atoms with E-state index in [0.29, 0.717) is 13.0 Å². The van der Waals surface area contributed by atoms with Crippen LogP contribution in [0.25, 0.3) is 0 Å². The number of carbonyl (C=O) groups excluding carboxylic acids is 2. The summed E-state index contributed by atoms with van der Waals surface area (Å²) in [4.78, 5) is 24.5. The lowest BCUT2D eigenvalue weighted by Crippen LogP contribution is -2.62. The normalized spacial score (nSPS) is 47.8. The number of hydrogen-bond donors (Lipinski definition) is 1. The SMILES string of the molecule is CCOC1=CC2=CC[C@H]3[C@@H]4CC(C)[C@](O)(C(=O)COC(C)=O)[C@@]4(C)CC4O[C@]43[C@@]2(C)C=C1. The van der Waals surface area contributed by atoms with Crippen LogP contribution in [0.15, 0.2) is 35.6 Å². The van der Waals surface area contributed by atoms with Crippen molar-refractivity contribution < 1.29 is 28.9 Å². The number of carbonyl (C=O) groups is 2. The van der Waals surface area contributed by atoms with Crippen LogP contribution in [0.3, 0.4) is 0 Å². The molecule has 6 heteroatoms. The number of fused-ring (bicyclic) bond motifs is 3. The van der Waals surface area contributed by atoms with Gasteiger partial charge >= 0.3 is 5.97 Å². The largest absolute Gasteiger partial charge is 0.494 e. The minimum atomic E-state index is -1.53. The summed E-state index contributed by atoms with van der Waals surface area (Å²) in [6.07, 6.45) is 10.9. The van der Waals surface area contributed by atoms with E-state index < -0.39 is 22.8 Å². The Morgan fingerprint density at radius 1 is 1.28 bits per heavy atom. The molecule has 2 unspecified atom stereocenters. The molecule has 2 saturated carbocycles. The van der Waals surface area contributed by atoms with Crippen molar-refractivity contribution in [3.63, 3.8) is 0 Å². The van der Waals surface area contributed by atoms with E-state index in [-0.39, 0.29) is 41.5 Å². The Kier molecular flexibility index (Phi) is 4.65. The molecule has 0 radical (unpaired) electrons. The van der Waals surface area contributed by atoms with Crippen LogP contribution in [-0.4, -0.2) is 47.4 Å². The van der Waals surface area contributed by atoms with Gasteiger partial charge in [0.15, 0.2) is 6.61 Å². The Hall–Kier alpha value is -1.92. The van der Waals surface area contributed by atoms with Crippen LogP contribution in [0.2, 0.25) is 0 Å². The molecule has 8 atom stereocenters. The topological polar surface area (TPSA) is 85.4 Å². The minimum Gasteiger partial charge on any atom is -0.494 e. The molecule has 5 aliphatic rings. The molecule has 3 fully saturated rings. The van der Waals surface area contributed by atoms with Gasteiger partial charge in [-0.25, -0.2) is 0 Å². The number of hydrogen-bond acceptors (Lipinski definition) is 6. The van der Waals surface area contributed by atoms with Crippen molar-refractivity contribution in [2.75, 3.05) is 13.2 Å². The van der Waals surface area contributed by atoms with Crippen molar-refractivity contribution in [3.05, 3.63) is 35.6 Å². The zero-order valence-electron chi connectivity index (χ0n) is 19.6. The molecular formula is C26H34O6. The molecule has 0 bridgehead atoms. The lowest BCUT2D eigenvalue weighted by atomic mass is 9.48. The lowest BCUT2D eigenvalue weighted by Gasteiger charge is -2.54. The summed E-state index contributed by atoms with van der Waals surface area (Å²) in [5, 5.41) is 11.9. The van der Waals surface area contributed by atoms with Gasteiger partial charge in [0.1, 0.15) is 17.0 Å². The third-order valence-corrected chi connectivity index (χ3v) is 9.44. The van der Waals surface area contributed by atoms with E-state index in [9.17, 15) is 14.7 Å². The standard InChI is InChI=1S/C26H34O6/c1-6-30-18-9-10-23(4)17(12-18)7-8-19-20-11-15(2)25(29,21(28)14-31-16(3)27)24(20,5)13-22-26(19,23)32-22/h7,9-10,12,15,19-20,22,29H,6,8,11,13-14H2,1-5H3/t15?,19-,20-,22?,23-,24-,25-,26-/m0/s1. The average molecular weight is 443 g/mol.